The van der Waals surface area contributed by atoms with Gasteiger partial charge in [0.15, 0.2) is 5.78 Å². The third-order valence-electron chi connectivity index (χ3n) is 2.92. The first-order chi connectivity index (χ1) is 9.74. The first-order valence-electron chi connectivity index (χ1n) is 6.60. The zero-order chi connectivity index (χ0) is 14.4. The van der Waals surface area contributed by atoms with Crippen LogP contribution in [0.1, 0.15) is 29.4 Å². The summed E-state index contributed by atoms with van der Waals surface area (Å²) in [4.78, 5) is 15.6. The average Bonchev–Trinajstić information content (AvgIpc) is 2.49. The van der Waals surface area contributed by atoms with Gasteiger partial charge in [-0.3, -0.25) is 4.79 Å². The SMILES string of the molecule is CCC(=O)c1ccc(Oc2ccccc2CCO)cn1. The molecule has 0 fully saturated rings. The maximum Gasteiger partial charge on any atom is 0.180 e. The summed E-state index contributed by atoms with van der Waals surface area (Å²) < 4.78 is 5.75. The van der Waals surface area contributed by atoms with Crippen LogP contribution in [0.5, 0.6) is 11.5 Å². The van der Waals surface area contributed by atoms with E-state index in [0.717, 1.165) is 5.56 Å². The van der Waals surface area contributed by atoms with Crippen molar-refractivity contribution in [2.45, 2.75) is 19.8 Å². The normalized spacial score (nSPS) is 10.3. The molecule has 1 aromatic carbocycles. The molecule has 0 aliphatic rings. The highest BCUT2D eigenvalue weighted by Crippen LogP contribution is 2.25. The number of aromatic nitrogens is 1. The minimum Gasteiger partial charge on any atom is -0.455 e. The molecule has 0 saturated carbocycles. The average molecular weight is 271 g/mol. The summed E-state index contributed by atoms with van der Waals surface area (Å²) >= 11 is 0. The summed E-state index contributed by atoms with van der Waals surface area (Å²) in [5.41, 5.74) is 1.38. The van der Waals surface area contributed by atoms with Gasteiger partial charge in [-0.2, -0.15) is 0 Å². The number of carbonyl (C=O) groups is 1. The highest BCUT2D eigenvalue weighted by molar-refractivity contribution is 5.93. The van der Waals surface area contributed by atoms with Gasteiger partial charge in [0, 0.05) is 13.0 Å². The quantitative estimate of drug-likeness (QED) is 0.820. The molecule has 0 spiro atoms. The van der Waals surface area contributed by atoms with Crippen LogP contribution in [0.2, 0.25) is 0 Å². The van der Waals surface area contributed by atoms with Crippen LogP contribution >= 0.6 is 0 Å². The Bertz CT molecular complexity index is 579. The van der Waals surface area contributed by atoms with Crippen molar-refractivity contribution >= 4 is 5.78 Å². The molecule has 0 bridgehead atoms. The summed E-state index contributed by atoms with van der Waals surface area (Å²) in [5.74, 6) is 1.28. The van der Waals surface area contributed by atoms with Gasteiger partial charge in [-0.05, 0) is 30.2 Å². The number of ketones is 1. The molecule has 2 rings (SSSR count). The van der Waals surface area contributed by atoms with Crippen molar-refractivity contribution < 1.29 is 14.6 Å². The van der Waals surface area contributed by atoms with Crippen molar-refractivity contribution in [1.29, 1.82) is 0 Å². The molecule has 1 aromatic heterocycles. The molecule has 0 radical (unpaired) electrons. The number of aliphatic hydroxyl groups is 1. The molecule has 0 amide bonds. The van der Waals surface area contributed by atoms with E-state index in [0.29, 0.717) is 30.0 Å². The van der Waals surface area contributed by atoms with Crippen molar-refractivity contribution in [1.82, 2.24) is 4.98 Å². The van der Waals surface area contributed by atoms with Crippen LogP contribution in [0.15, 0.2) is 42.6 Å². The zero-order valence-corrected chi connectivity index (χ0v) is 11.4. The highest BCUT2D eigenvalue weighted by atomic mass is 16.5. The fraction of sp³-hybridized carbons (Fsp3) is 0.250. The second-order valence-electron chi connectivity index (χ2n) is 4.34. The first-order valence-corrected chi connectivity index (χ1v) is 6.60. The number of pyridine rings is 1. The fourth-order valence-corrected chi connectivity index (χ4v) is 1.84. The van der Waals surface area contributed by atoms with Crippen molar-refractivity contribution in [2.75, 3.05) is 6.61 Å². The van der Waals surface area contributed by atoms with Crippen LogP contribution in [0, 0.1) is 0 Å². The number of ether oxygens (including phenoxy) is 1. The monoisotopic (exact) mass is 271 g/mol. The van der Waals surface area contributed by atoms with Gasteiger partial charge in [0.2, 0.25) is 0 Å². The summed E-state index contributed by atoms with van der Waals surface area (Å²) in [6.45, 7) is 1.88. The van der Waals surface area contributed by atoms with Gasteiger partial charge in [-0.15, -0.1) is 0 Å². The molecule has 4 nitrogen and oxygen atoms in total. The van der Waals surface area contributed by atoms with Crippen molar-refractivity contribution in [3.8, 4) is 11.5 Å². The molecule has 0 aliphatic heterocycles. The standard InChI is InChI=1S/C16H17NO3/c1-2-15(19)14-8-7-13(11-17-14)20-16-6-4-3-5-12(16)9-10-18/h3-8,11,18H,2,9-10H2,1H3. The molecule has 2 aromatic rings. The van der Waals surface area contributed by atoms with Crippen LogP contribution < -0.4 is 4.74 Å². The number of rotatable bonds is 6. The number of carbonyl (C=O) groups excluding carboxylic acids is 1. The summed E-state index contributed by atoms with van der Waals surface area (Å²) in [5, 5.41) is 9.03. The van der Waals surface area contributed by atoms with Crippen LogP contribution in [-0.2, 0) is 6.42 Å². The van der Waals surface area contributed by atoms with Gasteiger partial charge in [0.25, 0.3) is 0 Å². The number of hydrogen-bond acceptors (Lipinski definition) is 4. The van der Waals surface area contributed by atoms with E-state index in [2.05, 4.69) is 4.98 Å². The third-order valence-corrected chi connectivity index (χ3v) is 2.92. The predicted molar refractivity (Wildman–Crippen MR) is 76.2 cm³/mol. The maximum atomic E-state index is 11.5. The molecule has 0 atom stereocenters. The molecule has 0 saturated heterocycles. The minimum atomic E-state index is 0.0113. The molecular formula is C16H17NO3. The van der Waals surface area contributed by atoms with Crippen LogP contribution in [0.4, 0.5) is 0 Å². The fourth-order valence-electron chi connectivity index (χ4n) is 1.84. The van der Waals surface area contributed by atoms with Gasteiger partial charge < -0.3 is 9.84 Å². The van der Waals surface area contributed by atoms with Gasteiger partial charge in [0.1, 0.15) is 17.2 Å². The lowest BCUT2D eigenvalue weighted by Gasteiger charge is -2.10. The topological polar surface area (TPSA) is 59.4 Å². The Morgan fingerprint density at radius 3 is 2.70 bits per heavy atom. The lowest BCUT2D eigenvalue weighted by molar-refractivity contribution is 0.0983. The molecule has 0 aliphatic carbocycles. The molecular weight excluding hydrogens is 254 g/mol. The number of nitrogens with zero attached hydrogens (tertiary/aromatic N) is 1. The third kappa shape index (κ3) is 3.42. The molecule has 1 heterocycles. The lowest BCUT2D eigenvalue weighted by Crippen LogP contribution is -2.00. The zero-order valence-electron chi connectivity index (χ0n) is 11.4. The number of Topliss-reactive ketones (excluding diaryl/α,β-unsaturated/α-hetero) is 1. The largest absolute Gasteiger partial charge is 0.455 e. The number of aliphatic hydroxyl groups excluding tert-OH is 1. The van der Waals surface area contributed by atoms with Crippen LogP contribution in [0.25, 0.3) is 0 Å². The Hall–Kier alpha value is -2.20. The Balaban J connectivity index is 2.16. The van der Waals surface area contributed by atoms with E-state index in [4.69, 9.17) is 9.84 Å². The van der Waals surface area contributed by atoms with E-state index < -0.39 is 0 Å². The van der Waals surface area contributed by atoms with Gasteiger partial charge in [-0.1, -0.05) is 25.1 Å². The molecule has 4 heteroatoms. The Morgan fingerprint density at radius 2 is 2.05 bits per heavy atom. The summed E-state index contributed by atoms with van der Waals surface area (Å²) in [6, 6.07) is 10.9. The van der Waals surface area contributed by atoms with Crippen molar-refractivity contribution in [3.05, 3.63) is 53.9 Å². The first kappa shape index (κ1) is 14.2. The van der Waals surface area contributed by atoms with E-state index >= 15 is 0 Å². The van der Waals surface area contributed by atoms with Gasteiger partial charge in [-0.25, -0.2) is 4.98 Å². The van der Waals surface area contributed by atoms with Gasteiger partial charge in [0.05, 0.1) is 6.20 Å². The van der Waals surface area contributed by atoms with E-state index in [9.17, 15) is 4.79 Å². The number of hydrogen-bond donors (Lipinski definition) is 1. The Morgan fingerprint density at radius 1 is 1.25 bits per heavy atom. The summed E-state index contributed by atoms with van der Waals surface area (Å²) in [7, 11) is 0. The molecule has 0 unspecified atom stereocenters. The molecule has 104 valence electrons. The van der Waals surface area contributed by atoms with Crippen molar-refractivity contribution in [3.63, 3.8) is 0 Å². The van der Waals surface area contributed by atoms with E-state index in [-0.39, 0.29) is 12.4 Å². The second-order valence-corrected chi connectivity index (χ2v) is 4.34. The van der Waals surface area contributed by atoms with Crippen molar-refractivity contribution in [2.24, 2.45) is 0 Å². The predicted octanol–water partition coefficient (Wildman–Crippen LogP) is 3.00. The van der Waals surface area contributed by atoms with E-state index in [1.807, 2.05) is 24.3 Å². The van der Waals surface area contributed by atoms with Crippen LogP contribution in [-0.4, -0.2) is 22.5 Å². The Kier molecular flexibility index (Phi) is 4.85. The van der Waals surface area contributed by atoms with E-state index in [1.165, 1.54) is 0 Å². The Labute approximate surface area is 118 Å². The maximum absolute atomic E-state index is 11.5. The van der Waals surface area contributed by atoms with E-state index in [1.54, 1.807) is 25.3 Å². The minimum absolute atomic E-state index is 0.0113. The molecule has 1 N–H and O–H groups in total. The number of benzene rings is 1. The second kappa shape index (κ2) is 6.82. The lowest BCUT2D eigenvalue weighted by atomic mass is 10.1. The number of para-hydroxylation sites is 1. The van der Waals surface area contributed by atoms with Crippen LogP contribution in [0.3, 0.4) is 0 Å². The molecule has 20 heavy (non-hydrogen) atoms. The highest BCUT2D eigenvalue weighted by Gasteiger charge is 2.07. The van der Waals surface area contributed by atoms with Gasteiger partial charge >= 0.3 is 0 Å². The summed E-state index contributed by atoms with van der Waals surface area (Å²) in [6.07, 6.45) is 2.52. The smallest absolute Gasteiger partial charge is 0.180 e.